The molecule has 3 nitrogen and oxygen atoms in total. The second-order valence-corrected chi connectivity index (χ2v) is 12.0. The molecular formula is C42H33N3. The van der Waals surface area contributed by atoms with Gasteiger partial charge in [0.25, 0.3) is 0 Å². The van der Waals surface area contributed by atoms with E-state index in [9.17, 15) is 0 Å². The Kier molecular flexibility index (Phi) is 6.46. The Labute approximate surface area is 262 Å². The molecule has 0 amide bonds. The average Bonchev–Trinajstić information content (AvgIpc) is 3.37. The molecule has 0 aliphatic carbocycles. The van der Waals surface area contributed by atoms with Crippen LogP contribution in [0.3, 0.4) is 0 Å². The summed E-state index contributed by atoms with van der Waals surface area (Å²) in [4.78, 5) is 0. The van der Waals surface area contributed by atoms with Gasteiger partial charge in [-0.05, 0) is 99.6 Å². The fourth-order valence-electron chi connectivity index (χ4n) is 6.89. The fourth-order valence-corrected chi connectivity index (χ4v) is 6.89. The van der Waals surface area contributed by atoms with Crippen molar-refractivity contribution in [2.75, 3.05) is 0 Å². The minimum atomic E-state index is 0.432. The summed E-state index contributed by atoms with van der Waals surface area (Å²) in [7, 11) is 0. The summed E-state index contributed by atoms with van der Waals surface area (Å²) in [6, 6.07) is 49.8. The minimum Gasteiger partial charge on any atom is -0.366 e. The van der Waals surface area contributed by atoms with Gasteiger partial charge in [0.1, 0.15) is 5.84 Å². The van der Waals surface area contributed by atoms with Gasteiger partial charge in [0, 0.05) is 28.6 Å². The molecule has 0 bridgehead atoms. The number of hydrogen-bond donors (Lipinski definition) is 2. The largest absolute Gasteiger partial charge is 0.366 e. The van der Waals surface area contributed by atoms with E-state index >= 15 is 0 Å². The molecule has 0 saturated carbocycles. The van der Waals surface area contributed by atoms with Gasteiger partial charge in [0.05, 0.1) is 11.0 Å². The highest BCUT2D eigenvalue weighted by atomic mass is 15.0. The third-order valence-electron chi connectivity index (χ3n) is 9.11. The molecule has 1 aromatic heterocycles. The quantitative estimate of drug-likeness (QED) is 0.155. The van der Waals surface area contributed by atoms with E-state index in [0.717, 1.165) is 11.3 Å². The van der Waals surface area contributed by atoms with Crippen LogP contribution >= 0.6 is 0 Å². The van der Waals surface area contributed by atoms with Gasteiger partial charge in [-0.1, -0.05) is 103 Å². The summed E-state index contributed by atoms with van der Waals surface area (Å²) < 4.78 is 2.43. The Bertz CT molecular complexity index is 2320. The van der Waals surface area contributed by atoms with Crippen molar-refractivity contribution in [3.8, 4) is 16.8 Å². The van der Waals surface area contributed by atoms with Crippen LogP contribution in [-0.2, 0) is 6.54 Å². The number of aryl methyl sites for hydroxylation is 2. The molecular weight excluding hydrogens is 546 g/mol. The van der Waals surface area contributed by atoms with Crippen molar-refractivity contribution in [3.05, 3.63) is 162 Å². The monoisotopic (exact) mass is 579 g/mol. The van der Waals surface area contributed by atoms with Crippen LogP contribution in [0.1, 0.15) is 22.3 Å². The topological polar surface area (TPSA) is 40.8 Å². The van der Waals surface area contributed by atoms with Crippen LogP contribution < -0.4 is 5.32 Å². The van der Waals surface area contributed by atoms with Crippen LogP contribution in [0, 0.1) is 19.3 Å². The molecule has 8 rings (SSSR count). The standard InChI is InChI=1S/C42H33N3/c1-27-11-10-18-34(26-44-42(43)29-12-4-3-5-13-29)41(27)36-20-19-35(21-28(36)2)45-39-24-32-16-8-6-14-30(32)22-37(39)38-23-31-15-7-9-17-33(31)25-40(38)45/h3-25H,26H2,1-2H3,(H2,43,44). The van der Waals surface area contributed by atoms with Crippen molar-refractivity contribution in [1.82, 2.24) is 9.88 Å². The van der Waals surface area contributed by atoms with Gasteiger partial charge in [0.2, 0.25) is 0 Å². The van der Waals surface area contributed by atoms with Crippen LogP contribution in [0.2, 0.25) is 0 Å². The smallest absolute Gasteiger partial charge is 0.125 e. The minimum absolute atomic E-state index is 0.432. The number of benzene rings is 7. The molecule has 2 N–H and O–H groups in total. The molecule has 0 spiro atoms. The van der Waals surface area contributed by atoms with Crippen LogP contribution in [0.5, 0.6) is 0 Å². The van der Waals surface area contributed by atoms with Crippen molar-refractivity contribution in [3.63, 3.8) is 0 Å². The lowest BCUT2D eigenvalue weighted by Crippen LogP contribution is -2.23. The Morgan fingerprint density at radius 3 is 1.76 bits per heavy atom. The third-order valence-corrected chi connectivity index (χ3v) is 9.11. The summed E-state index contributed by atoms with van der Waals surface area (Å²) in [5, 5.41) is 19.5. The maximum Gasteiger partial charge on any atom is 0.125 e. The Morgan fingerprint density at radius 1 is 0.578 bits per heavy atom. The van der Waals surface area contributed by atoms with E-state index in [4.69, 9.17) is 5.41 Å². The Morgan fingerprint density at radius 2 is 1.16 bits per heavy atom. The first kappa shape index (κ1) is 26.9. The van der Waals surface area contributed by atoms with Gasteiger partial charge in [-0.15, -0.1) is 0 Å². The first-order valence-electron chi connectivity index (χ1n) is 15.5. The van der Waals surface area contributed by atoms with Gasteiger partial charge in [0.15, 0.2) is 0 Å². The lowest BCUT2D eigenvalue weighted by Gasteiger charge is -2.18. The highest BCUT2D eigenvalue weighted by Gasteiger charge is 2.17. The zero-order valence-electron chi connectivity index (χ0n) is 25.4. The fraction of sp³-hybridized carbons (Fsp3) is 0.0714. The first-order valence-corrected chi connectivity index (χ1v) is 15.5. The van der Waals surface area contributed by atoms with E-state index in [1.54, 1.807) is 0 Å². The van der Waals surface area contributed by atoms with E-state index in [1.165, 1.54) is 71.2 Å². The van der Waals surface area contributed by atoms with Crippen LogP contribution in [-0.4, -0.2) is 10.4 Å². The number of nitrogens with one attached hydrogen (secondary N) is 2. The number of aromatic nitrogens is 1. The van der Waals surface area contributed by atoms with Crippen molar-refractivity contribution in [1.29, 1.82) is 5.41 Å². The molecule has 3 heteroatoms. The predicted octanol–water partition coefficient (Wildman–Crippen LogP) is 10.5. The number of rotatable bonds is 5. The van der Waals surface area contributed by atoms with Crippen molar-refractivity contribution >= 4 is 49.2 Å². The van der Waals surface area contributed by atoms with E-state index in [2.05, 4.69) is 133 Å². The molecule has 45 heavy (non-hydrogen) atoms. The first-order chi connectivity index (χ1) is 22.0. The van der Waals surface area contributed by atoms with Gasteiger partial charge < -0.3 is 9.88 Å². The Hall–Kier alpha value is -5.67. The molecule has 0 aliphatic rings. The third kappa shape index (κ3) is 4.65. The van der Waals surface area contributed by atoms with Gasteiger partial charge in [-0.25, -0.2) is 0 Å². The molecule has 0 atom stereocenters. The van der Waals surface area contributed by atoms with Crippen LogP contribution in [0.25, 0.3) is 60.2 Å². The molecule has 216 valence electrons. The highest BCUT2D eigenvalue weighted by Crippen LogP contribution is 2.38. The second-order valence-electron chi connectivity index (χ2n) is 12.0. The second kappa shape index (κ2) is 10.8. The molecule has 0 fully saturated rings. The maximum absolute atomic E-state index is 8.58. The summed E-state index contributed by atoms with van der Waals surface area (Å²) in [5.41, 5.74) is 10.5. The van der Waals surface area contributed by atoms with E-state index in [-0.39, 0.29) is 0 Å². The van der Waals surface area contributed by atoms with Crippen molar-refractivity contribution in [2.45, 2.75) is 20.4 Å². The highest BCUT2D eigenvalue weighted by molar-refractivity contribution is 6.16. The average molecular weight is 580 g/mol. The molecule has 1 heterocycles. The number of amidine groups is 1. The molecule has 7 aromatic carbocycles. The summed E-state index contributed by atoms with van der Waals surface area (Å²) in [6.45, 7) is 4.98. The van der Waals surface area contributed by atoms with Crippen molar-refractivity contribution in [2.24, 2.45) is 0 Å². The van der Waals surface area contributed by atoms with Gasteiger partial charge >= 0.3 is 0 Å². The molecule has 8 aromatic rings. The number of fused-ring (bicyclic) bond motifs is 5. The summed E-state index contributed by atoms with van der Waals surface area (Å²) in [5.74, 6) is 0.432. The van der Waals surface area contributed by atoms with Gasteiger partial charge in [-0.3, -0.25) is 5.41 Å². The van der Waals surface area contributed by atoms with Gasteiger partial charge in [-0.2, -0.15) is 0 Å². The normalized spacial score (nSPS) is 11.5. The van der Waals surface area contributed by atoms with Crippen LogP contribution in [0.4, 0.5) is 0 Å². The number of hydrogen-bond acceptors (Lipinski definition) is 1. The molecule has 0 radical (unpaired) electrons. The SMILES string of the molecule is Cc1cc(-n2c3cc4ccccc4cc3c3cc4ccccc4cc32)ccc1-c1c(C)cccc1CNC(=N)c1ccccc1. The Balaban J connectivity index is 1.26. The maximum atomic E-state index is 8.58. The van der Waals surface area contributed by atoms with E-state index in [1.807, 2.05) is 30.3 Å². The summed E-state index contributed by atoms with van der Waals surface area (Å²) >= 11 is 0. The zero-order valence-corrected chi connectivity index (χ0v) is 25.4. The van der Waals surface area contributed by atoms with Crippen LogP contribution in [0.15, 0.2) is 140 Å². The molecule has 0 aliphatic heterocycles. The lowest BCUT2D eigenvalue weighted by molar-refractivity contribution is 0.908. The zero-order chi connectivity index (χ0) is 30.5. The number of nitrogens with zero attached hydrogens (tertiary/aromatic N) is 1. The van der Waals surface area contributed by atoms with E-state index in [0.29, 0.717) is 12.4 Å². The lowest BCUT2D eigenvalue weighted by atomic mass is 9.91. The predicted molar refractivity (Wildman–Crippen MR) is 191 cm³/mol. The molecule has 0 saturated heterocycles. The molecule has 0 unspecified atom stereocenters. The summed E-state index contributed by atoms with van der Waals surface area (Å²) in [6.07, 6.45) is 0. The van der Waals surface area contributed by atoms with E-state index < -0.39 is 0 Å². The van der Waals surface area contributed by atoms with Crippen molar-refractivity contribution < 1.29 is 0 Å².